The van der Waals surface area contributed by atoms with Gasteiger partial charge in [-0.05, 0) is 30.4 Å². The summed E-state index contributed by atoms with van der Waals surface area (Å²) in [5, 5.41) is 10.1. The maximum atomic E-state index is 12.5. The number of thiophene rings is 1. The van der Waals surface area contributed by atoms with E-state index >= 15 is 0 Å². The standard InChI is InChI=1S/C15H15NO3S/c17-14(11-5-3-7-16(9-11)15(18)19)13-8-10-4-1-2-6-12(10)20-13/h1-2,4,6,8,11H,3,5,7,9H2,(H,18,19). The van der Waals surface area contributed by atoms with Crippen molar-refractivity contribution in [3.05, 3.63) is 35.2 Å². The zero-order chi connectivity index (χ0) is 14.1. The number of carbonyl (C=O) groups is 2. The topological polar surface area (TPSA) is 57.6 Å². The minimum absolute atomic E-state index is 0.0807. The van der Waals surface area contributed by atoms with Gasteiger partial charge in [-0.15, -0.1) is 11.3 Å². The normalized spacial score (nSPS) is 19.2. The minimum atomic E-state index is -0.932. The fraction of sp³-hybridized carbons (Fsp3) is 0.333. The van der Waals surface area contributed by atoms with Crippen LogP contribution in [0.2, 0.25) is 0 Å². The average molecular weight is 289 g/mol. The Labute approximate surface area is 120 Å². The van der Waals surface area contributed by atoms with E-state index in [0.717, 1.165) is 27.8 Å². The molecule has 1 amide bonds. The first-order chi connectivity index (χ1) is 9.65. The lowest BCUT2D eigenvalue weighted by Crippen LogP contribution is -2.41. The predicted octanol–water partition coefficient (Wildman–Crippen LogP) is 3.47. The highest BCUT2D eigenvalue weighted by molar-refractivity contribution is 7.20. The van der Waals surface area contributed by atoms with Crippen LogP contribution in [0.4, 0.5) is 4.79 Å². The highest BCUT2D eigenvalue weighted by atomic mass is 32.1. The van der Waals surface area contributed by atoms with Gasteiger partial charge >= 0.3 is 6.09 Å². The van der Waals surface area contributed by atoms with Crippen molar-refractivity contribution in [3.63, 3.8) is 0 Å². The molecule has 5 heteroatoms. The van der Waals surface area contributed by atoms with Gasteiger partial charge in [0, 0.05) is 23.7 Å². The summed E-state index contributed by atoms with van der Waals surface area (Å²) in [5.74, 6) is -0.120. The molecule has 1 N–H and O–H groups in total. The molecule has 1 atom stereocenters. The number of fused-ring (bicyclic) bond motifs is 1. The van der Waals surface area contributed by atoms with Crippen molar-refractivity contribution in [2.45, 2.75) is 12.8 Å². The summed E-state index contributed by atoms with van der Waals surface area (Å²) in [6.07, 6.45) is 0.601. The number of amides is 1. The largest absolute Gasteiger partial charge is 0.465 e. The number of ketones is 1. The van der Waals surface area contributed by atoms with E-state index in [1.165, 1.54) is 16.2 Å². The van der Waals surface area contributed by atoms with Crippen LogP contribution in [0.15, 0.2) is 30.3 Å². The summed E-state index contributed by atoms with van der Waals surface area (Å²) in [5.41, 5.74) is 0. The number of carboxylic acid groups (broad SMARTS) is 1. The number of likely N-dealkylation sites (tertiary alicyclic amines) is 1. The van der Waals surface area contributed by atoms with E-state index in [9.17, 15) is 9.59 Å². The molecule has 0 bridgehead atoms. The van der Waals surface area contributed by atoms with Crippen LogP contribution < -0.4 is 0 Å². The third kappa shape index (κ3) is 2.41. The van der Waals surface area contributed by atoms with Crippen LogP contribution in [-0.4, -0.2) is 35.0 Å². The van der Waals surface area contributed by atoms with Crippen molar-refractivity contribution < 1.29 is 14.7 Å². The number of benzene rings is 1. The molecule has 1 saturated heterocycles. The summed E-state index contributed by atoms with van der Waals surface area (Å²) in [6.45, 7) is 0.855. The Morgan fingerprint density at radius 2 is 2.10 bits per heavy atom. The van der Waals surface area contributed by atoms with Crippen molar-refractivity contribution in [1.82, 2.24) is 4.90 Å². The molecular formula is C15H15NO3S. The van der Waals surface area contributed by atoms with Gasteiger partial charge in [-0.1, -0.05) is 18.2 Å². The number of hydrogen-bond donors (Lipinski definition) is 1. The SMILES string of the molecule is O=C(c1cc2ccccc2s1)C1CCCN(C(=O)O)C1. The van der Waals surface area contributed by atoms with Gasteiger partial charge in [0.05, 0.1) is 4.88 Å². The third-order valence-corrected chi connectivity index (χ3v) is 4.86. The fourth-order valence-electron chi connectivity index (χ4n) is 2.67. The lowest BCUT2D eigenvalue weighted by Gasteiger charge is -2.29. The average Bonchev–Trinajstić information content (AvgIpc) is 2.90. The molecule has 1 unspecified atom stereocenters. The summed E-state index contributed by atoms with van der Waals surface area (Å²) >= 11 is 1.49. The smallest absolute Gasteiger partial charge is 0.407 e. The molecule has 2 heterocycles. The number of rotatable bonds is 2. The van der Waals surface area contributed by atoms with Gasteiger partial charge in [0.15, 0.2) is 5.78 Å². The second kappa shape index (κ2) is 5.25. The van der Waals surface area contributed by atoms with Crippen molar-refractivity contribution in [2.24, 2.45) is 5.92 Å². The van der Waals surface area contributed by atoms with Crippen LogP contribution in [0.25, 0.3) is 10.1 Å². The lowest BCUT2D eigenvalue weighted by molar-refractivity contribution is 0.0811. The molecule has 2 aromatic rings. The molecule has 1 aliphatic heterocycles. The molecule has 0 radical (unpaired) electrons. The van der Waals surface area contributed by atoms with Gasteiger partial charge in [-0.25, -0.2) is 4.79 Å². The van der Waals surface area contributed by atoms with Gasteiger partial charge in [0.2, 0.25) is 0 Å². The maximum Gasteiger partial charge on any atom is 0.407 e. The van der Waals surface area contributed by atoms with Gasteiger partial charge in [0.1, 0.15) is 0 Å². The van der Waals surface area contributed by atoms with Crippen LogP contribution in [0, 0.1) is 5.92 Å². The minimum Gasteiger partial charge on any atom is -0.465 e. The van der Waals surface area contributed by atoms with Gasteiger partial charge in [0.25, 0.3) is 0 Å². The van der Waals surface area contributed by atoms with E-state index in [1.807, 2.05) is 30.3 Å². The molecule has 0 aliphatic carbocycles. The maximum absolute atomic E-state index is 12.5. The summed E-state index contributed by atoms with van der Waals surface area (Å²) in [7, 11) is 0. The molecule has 1 fully saturated rings. The number of nitrogens with zero attached hydrogens (tertiary/aromatic N) is 1. The van der Waals surface area contributed by atoms with Crippen molar-refractivity contribution in [3.8, 4) is 0 Å². The van der Waals surface area contributed by atoms with Crippen molar-refractivity contribution >= 4 is 33.3 Å². The van der Waals surface area contributed by atoms with Crippen LogP contribution in [-0.2, 0) is 0 Å². The number of piperidine rings is 1. The first-order valence-electron chi connectivity index (χ1n) is 6.66. The highest BCUT2D eigenvalue weighted by Crippen LogP contribution is 2.29. The number of hydrogen-bond acceptors (Lipinski definition) is 3. The zero-order valence-electron chi connectivity index (χ0n) is 10.9. The predicted molar refractivity (Wildman–Crippen MR) is 78.5 cm³/mol. The van der Waals surface area contributed by atoms with Crippen molar-refractivity contribution in [2.75, 3.05) is 13.1 Å². The Morgan fingerprint density at radius 3 is 2.85 bits per heavy atom. The monoisotopic (exact) mass is 289 g/mol. The first-order valence-corrected chi connectivity index (χ1v) is 7.47. The van der Waals surface area contributed by atoms with E-state index in [0.29, 0.717) is 13.1 Å². The first kappa shape index (κ1) is 13.1. The molecule has 1 aromatic heterocycles. The molecule has 0 saturated carbocycles. The lowest BCUT2D eigenvalue weighted by atomic mass is 9.93. The second-order valence-electron chi connectivity index (χ2n) is 5.08. The second-order valence-corrected chi connectivity index (χ2v) is 6.16. The molecule has 0 spiro atoms. The fourth-order valence-corrected chi connectivity index (χ4v) is 3.75. The molecule has 4 nitrogen and oxygen atoms in total. The Balaban J connectivity index is 1.82. The van der Waals surface area contributed by atoms with E-state index in [4.69, 9.17) is 5.11 Å². The van der Waals surface area contributed by atoms with E-state index < -0.39 is 6.09 Å². The van der Waals surface area contributed by atoms with Gasteiger partial charge in [-0.2, -0.15) is 0 Å². The molecule has 104 valence electrons. The Morgan fingerprint density at radius 1 is 1.30 bits per heavy atom. The van der Waals surface area contributed by atoms with Gasteiger partial charge in [-0.3, -0.25) is 4.79 Å². The van der Waals surface area contributed by atoms with Crippen LogP contribution in [0.3, 0.4) is 0 Å². The Kier molecular flexibility index (Phi) is 3.44. The number of Topliss-reactive ketones (excluding diaryl/α,β-unsaturated/α-hetero) is 1. The van der Waals surface area contributed by atoms with Crippen LogP contribution in [0.5, 0.6) is 0 Å². The van der Waals surface area contributed by atoms with E-state index in [1.54, 1.807) is 0 Å². The number of carbonyl (C=O) groups excluding carboxylic acids is 1. The Hall–Kier alpha value is -1.88. The molecule has 1 aliphatic rings. The molecule has 20 heavy (non-hydrogen) atoms. The summed E-state index contributed by atoms with van der Waals surface area (Å²) in [4.78, 5) is 25.6. The summed E-state index contributed by atoms with van der Waals surface area (Å²) < 4.78 is 1.10. The molecule has 3 rings (SSSR count). The van der Waals surface area contributed by atoms with Crippen molar-refractivity contribution in [1.29, 1.82) is 0 Å². The van der Waals surface area contributed by atoms with Crippen LogP contribution >= 0.6 is 11.3 Å². The highest BCUT2D eigenvalue weighted by Gasteiger charge is 2.29. The molecular weight excluding hydrogens is 274 g/mol. The van der Waals surface area contributed by atoms with E-state index in [-0.39, 0.29) is 11.7 Å². The Bertz CT molecular complexity index is 631. The molecule has 1 aromatic carbocycles. The quantitative estimate of drug-likeness (QED) is 0.861. The van der Waals surface area contributed by atoms with Crippen LogP contribution in [0.1, 0.15) is 22.5 Å². The zero-order valence-corrected chi connectivity index (χ0v) is 11.7. The van der Waals surface area contributed by atoms with Gasteiger partial charge < -0.3 is 10.0 Å². The third-order valence-electron chi connectivity index (χ3n) is 3.73. The van der Waals surface area contributed by atoms with E-state index in [2.05, 4.69) is 0 Å². The summed E-state index contributed by atoms with van der Waals surface area (Å²) in [6, 6.07) is 9.83.